The summed E-state index contributed by atoms with van der Waals surface area (Å²) in [5.74, 6) is -0.415. The molecule has 0 aliphatic carbocycles. The van der Waals surface area contributed by atoms with Crippen LogP contribution in [0, 0.1) is 5.92 Å². The Kier molecular flexibility index (Phi) is 5.16. The summed E-state index contributed by atoms with van der Waals surface area (Å²) in [6, 6.07) is -0.126. The van der Waals surface area contributed by atoms with Gasteiger partial charge in [0.2, 0.25) is 0 Å². The fourth-order valence-corrected chi connectivity index (χ4v) is 4.35. The molecule has 0 aromatic carbocycles. The first kappa shape index (κ1) is 15.4. The summed E-state index contributed by atoms with van der Waals surface area (Å²) in [6.07, 6.45) is 0.816. The molecule has 0 bridgehead atoms. The Bertz CT molecular complexity index is 391. The molecular formula is C12H23NO4S. The van der Waals surface area contributed by atoms with E-state index in [0.29, 0.717) is 12.5 Å². The Morgan fingerprint density at radius 1 is 1.44 bits per heavy atom. The molecule has 1 aliphatic rings. The van der Waals surface area contributed by atoms with Crippen LogP contribution in [0.4, 0.5) is 0 Å². The summed E-state index contributed by atoms with van der Waals surface area (Å²) in [5.41, 5.74) is 0. The van der Waals surface area contributed by atoms with E-state index in [9.17, 15) is 13.2 Å². The third-order valence-electron chi connectivity index (χ3n) is 3.60. The van der Waals surface area contributed by atoms with Crippen molar-refractivity contribution in [2.45, 2.75) is 45.7 Å². The van der Waals surface area contributed by atoms with Crippen LogP contribution < -0.4 is 0 Å². The van der Waals surface area contributed by atoms with Gasteiger partial charge in [-0.3, -0.25) is 9.69 Å². The molecule has 6 heteroatoms. The third-order valence-corrected chi connectivity index (χ3v) is 5.30. The Hall–Kier alpha value is -0.620. The molecule has 0 amide bonds. The smallest absolute Gasteiger partial charge is 0.304 e. The zero-order valence-electron chi connectivity index (χ0n) is 11.3. The van der Waals surface area contributed by atoms with Gasteiger partial charge in [-0.2, -0.15) is 0 Å². The standard InChI is InChI=1S/C12H23NO4S/c1-4-11(9(2)3)13-5-6-18(16,17)8-10(13)7-12(14)15/h9-11H,4-8H2,1-3H3,(H,14,15). The molecule has 1 N–H and O–H groups in total. The summed E-state index contributed by atoms with van der Waals surface area (Å²) >= 11 is 0. The van der Waals surface area contributed by atoms with Gasteiger partial charge < -0.3 is 5.11 Å². The van der Waals surface area contributed by atoms with Gasteiger partial charge in [0.25, 0.3) is 0 Å². The zero-order valence-corrected chi connectivity index (χ0v) is 12.1. The number of rotatable bonds is 5. The van der Waals surface area contributed by atoms with E-state index >= 15 is 0 Å². The Labute approximate surface area is 109 Å². The number of carboxylic acids is 1. The van der Waals surface area contributed by atoms with Crippen LogP contribution in [0.15, 0.2) is 0 Å². The lowest BCUT2D eigenvalue weighted by Gasteiger charge is -2.42. The molecule has 0 aromatic rings. The van der Waals surface area contributed by atoms with Gasteiger partial charge in [-0.05, 0) is 12.3 Å². The number of carboxylic acid groups (broad SMARTS) is 1. The second kappa shape index (κ2) is 6.02. The lowest BCUT2D eigenvalue weighted by molar-refractivity contribution is -0.138. The molecule has 0 radical (unpaired) electrons. The molecule has 1 fully saturated rings. The minimum atomic E-state index is -3.08. The van der Waals surface area contributed by atoms with E-state index in [1.807, 2.05) is 0 Å². The van der Waals surface area contributed by atoms with Gasteiger partial charge >= 0.3 is 5.97 Å². The van der Waals surface area contributed by atoms with Gasteiger partial charge in [-0.1, -0.05) is 20.8 Å². The number of carbonyl (C=O) groups is 1. The molecular weight excluding hydrogens is 254 g/mol. The summed E-state index contributed by atoms with van der Waals surface area (Å²) in [4.78, 5) is 13.0. The summed E-state index contributed by atoms with van der Waals surface area (Å²) in [5, 5.41) is 8.93. The van der Waals surface area contributed by atoms with Gasteiger partial charge in [0.1, 0.15) is 0 Å². The summed E-state index contributed by atoms with van der Waals surface area (Å²) in [6.45, 7) is 6.70. The van der Waals surface area contributed by atoms with E-state index in [1.54, 1.807) is 0 Å². The Balaban J connectivity index is 2.90. The second-order valence-electron chi connectivity index (χ2n) is 5.32. The van der Waals surface area contributed by atoms with Crippen LogP contribution in [0.25, 0.3) is 0 Å². The first-order valence-electron chi connectivity index (χ1n) is 6.44. The normalized spacial score (nSPS) is 26.1. The van der Waals surface area contributed by atoms with Gasteiger partial charge in [0.15, 0.2) is 9.84 Å². The van der Waals surface area contributed by atoms with Gasteiger partial charge in [0.05, 0.1) is 17.9 Å². The molecule has 106 valence electrons. The van der Waals surface area contributed by atoms with Crippen molar-refractivity contribution in [3.05, 3.63) is 0 Å². The Morgan fingerprint density at radius 3 is 2.50 bits per heavy atom. The van der Waals surface area contributed by atoms with Gasteiger partial charge in [0, 0.05) is 18.6 Å². The van der Waals surface area contributed by atoms with Crippen molar-refractivity contribution < 1.29 is 18.3 Å². The maximum atomic E-state index is 11.6. The number of hydrogen-bond donors (Lipinski definition) is 1. The molecule has 2 atom stereocenters. The van der Waals surface area contributed by atoms with E-state index < -0.39 is 15.8 Å². The number of sulfone groups is 1. The summed E-state index contributed by atoms with van der Waals surface area (Å²) in [7, 11) is -3.08. The van der Waals surface area contributed by atoms with Crippen molar-refractivity contribution in [2.24, 2.45) is 5.92 Å². The number of nitrogens with zero attached hydrogens (tertiary/aromatic N) is 1. The van der Waals surface area contributed by atoms with Crippen LogP contribution in [0.2, 0.25) is 0 Å². The van der Waals surface area contributed by atoms with Crippen molar-refractivity contribution in [1.82, 2.24) is 4.90 Å². The van der Waals surface area contributed by atoms with E-state index in [0.717, 1.165) is 6.42 Å². The average Bonchev–Trinajstić information content (AvgIpc) is 2.20. The third kappa shape index (κ3) is 3.95. The molecule has 0 saturated carbocycles. The van der Waals surface area contributed by atoms with Gasteiger partial charge in [-0.25, -0.2) is 8.42 Å². The molecule has 0 aromatic heterocycles. The highest BCUT2D eigenvalue weighted by atomic mass is 32.2. The van der Waals surface area contributed by atoms with Crippen LogP contribution in [0.5, 0.6) is 0 Å². The van der Waals surface area contributed by atoms with Crippen LogP contribution in [0.3, 0.4) is 0 Å². The van der Waals surface area contributed by atoms with Crippen molar-refractivity contribution >= 4 is 15.8 Å². The molecule has 1 aliphatic heterocycles. The molecule has 1 rings (SSSR count). The quantitative estimate of drug-likeness (QED) is 0.811. The fourth-order valence-electron chi connectivity index (χ4n) is 2.80. The molecule has 5 nitrogen and oxygen atoms in total. The van der Waals surface area contributed by atoms with Crippen molar-refractivity contribution in [3.8, 4) is 0 Å². The predicted molar refractivity (Wildman–Crippen MR) is 70.3 cm³/mol. The van der Waals surface area contributed by atoms with Crippen LogP contribution in [-0.4, -0.2) is 54.5 Å². The van der Waals surface area contributed by atoms with Gasteiger partial charge in [-0.15, -0.1) is 0 Å². The topological polar surface area (TPSA) is 74.7 Å². The van der Waals surface area contributed by atoms with E-state index in [1.165, 1.54) is 0 Å². The molecule has 1 heterocycles. The van der Waals surface area contributed by atoms with E-state index in [-0.39, 0.29) is 30.0 Å². The highest BCUT2D eigenvalue weighted by molar-refractivity contribution is 7.91. The number of aliphatic carboxylic acids is 1. The highest BCUT2D eigenvalue weighted by Crippen LogP contribution is 2.23. The monoisotopic (exact) mass is 277 g/mol. The predicted octanol–water partition coefficient (Wildman–Crippen LogP) is 0.995. The van der Waals surface area contributed by atoms with Crippen LogP contribution in [0.1, 0.15) is 33.6 Å². The fraction of sp³-hybridized carbons (Fsp3) is 0.917. The molecule has 2 unspecified atom stereocenters. The summed E-state index contributed by atoms with van der Waals surface area (Å²) < 4.78 is 23.3. The SMILES string of the molecule is CCC(C(C)C)N1CCS(=O)(=O)CC1CC(=O)O. The van der Waals surface area contributed by atoms with Crippen LogP contribution >= 0.6 is 0 Å². The molecule has 18 heavy (non-hydrogen) atoms. The van der Waals surface area contributed by atoms with Crippen molar-refractivity contribution in [1.29, 1.82) is 0 Å². The lowest BCUT2D eigenvalue weighted by Crippen LogP contribution is -2.54. The van der Waals surface area contributed by atoms with Crippen molar-refractivity contribution in [2.75, 3.05) is 18.1 Å². The maximum absolute atomic E-state index is 11.6. The largest absolute Gasteiger partial charge is 0.481 e. The average molecular weight is 277 g/mol. The maximum Gasteiger partial charge on any atom is 0.304 e. The zero-order chi connectivity index (χ0) is 13.9. The number of hydrogen-bond acceptors (Lipinski definition) is 4. The highest BCUT2D eigenvalue weighted by Gasteiger charge is 2.36. The van der Waals surface area contributed by atoms with E-state index in [4.69, 9.17) is 5.11 Å². The first-order chi connectivity index (χ1) is 8.26. The first-order valence-corrected chi connectivity index (χ1v) is 8.27. The van der Waals surface area contributed by atoms with Crippen molar-refractivity contribution in [3.63, 3.8) is 0 Å². The Morgan fingerprint density at radius 2 is 2.06 bits per heavy atom. The minimum Gasteiger partial charge on any atom is -0.481 e. The minimum absolute atomic E-state index is 0.0253. The second-order valence-corrected chi connectivity index (χ2v) is 7.55. The lowest BCUT2D eigenvalue weighted by atomic mass is 9.97. The molecule has 0 spiro atoms. The van der Waals surface area contributed by atoms with Crippen LogP contribution in [-0.2, 0) is 14.6 Å². The molecule has 1 saturated heterocycles. The van der Waals surface area contributed by atoms with E-state index in [2.05, 4.69) is 25.7 Å².